The third kappa shape index (κ3) is 69.3. The summed E-state index contributed by atoms with van der Waals surface area (Å²) in [7, 11) is 0. The van der Waals surface area contributed by atoms with E-state index >= 15 is 0 Å². The smallest absolute Gasteiger partial charge is 0.305 e. The summed E-state index contributed by atoms with van der Waals surface area (Å²) in [6.45, 7) is 5.00. The second kappa shape index (κ2) is 72.8. The Labute approximate surface area is 520 Å². The lowest BCUT2D eigenvalue weighted by molar-refractivity contribution is -0.143. The van der Waals surface area contributed by atoms with Crippen LogP contribution in [0.4, 0.5) is 0 Å². The zero-order valence-electron chi connectivity index (χ0n) is 56.5. The molecular weight excluding hydrogens is 1020 g/mol. The normalized spacial score (nSPS) is 12.6. The van der Waals surface area contributed by atoms with Gasteiger partial charge in [0, 0.05) is 12.8 Å². The average Bonchev–Trinajstić information content (AvgIpc) is 3.49. The van der Waals surface area contributed by atoms with Gasteiger partial charge in [-0.3, -0.25) is 9.59 Å². The van der Waals surface area contributed by atoms with Crippen molar-refractivity contribution in [2.24, 2.45) is 0 Å². The van der Waals surface area contributed by atoms with Crippen molar-refractivity contribution >= 4 is 11.9 Å². The SMILES string of the molecule is CCCCCCCCCCCCCCCCCCCCCCC(O)C(CO)NC(=O)CCCCCCCCCCCCCCCCCCC/C=C\C/C=C\CCCCCCCCCCCOC(=O)CCCCCCCCCCCCCCC. The van der Waals surface area contributed by atoms with Crippen molar-refractivity contribution in [2.75, 3.05) is 13.2 Å². The molecule has 6 nitrogen and oxygen atoms in total. The largest absolute Gasteiger partial charge is 0.466 e. The lowest BCUT2D eigenvalue weighted by Crippen LogP contribution is -2.45. The number of ether oxygens (including phenoxy) is 1. The molecule has 492 valence electrons. The molecule has 0 spiro atoms. The van der Waals surface area contributed by atoms with E-state index in [1.165, 1.54) is 353 Å². The molecule has 0 rings (SSSR count). The molecule has 0 aromatic carbocycles. The number of nitrogens with one attached hydrogen (secondary N) is 1. The first-order valence-electron chi connectivity index (χ1n) is 38.1. The molecule has 1 amide bonds. The van der Waals surface area contributed by atoms with Crippen molar-refractivity contribution in [1.82, 2.24) is 5.32 Å². The summed E-state index contributed by atoms with van der Waals surface area (Å²) in [5.41, 5.74) is 0. The Balaban J connectivity index is 3.37. The van der Waals surface area contributed by atoms with Gasteiger partial charge in [0.2, 0.25) is 5.91 Å². The molecule has 3 N–H and O–H groups in total. The van der Waals surface area contributed by atoms with Gasteiger partial charge >= 0.3 is 5.97 Å². The van der Waals surface area contributed by atoms with Crippen LogP contribution in [0, 0.1) is 0 Å². The van der Waals surface area contributed by atoms with E-state index in [1.807, 2.05) is 0 Å². The topological polar surface area (TPSA) is 95.9 Å². The molecule has 0 radical (unpaired) electrons. The number of aliphatic hydroxyl groups excluding tert-OH is 2. The molecule has 0 bridgehead atoms. The Morgan fingerprint density at radius 1 is 0.337 bits per heavy atom. The number of aliphatic hydroxyl groups is 2. The summed E-state index contributed by atoms with van der Waals surface area (Å²) in [4.78, 5) is 24.6. The van der Waals surface area contributed by atoms with Crippen LogP contribution in [0.5, 0.6) is 0 Å². The molecule has 0 aliphatic rings. The fourth-order valence-corrected chi connectivity index (χ4v) is 12.2. The van der Waals surface area contributed by atoms with Crippen LogP contribution in [-0.4, -0.2) is 47.4 Å². The highest BCUT2D eigenvalue weighted by Gasteiger charge is 2.20. The fourth-order valence-electron chi connectivity index (χ4n) is 12.2. The maximum Gasteiger partial charge on any atom is 0.305 e. The van der Waals surface area contributed by atoms with Crippen LogP contribution < -0.4 is 5.32 Å². The van der Waals surface area contributed by atoms with Crippen LogP contribution in [0.15, 0.2) is 24.3 Å². The minimum absolute atomic E-state index is 0.0166. The Kier molecular flexibility index (Phi) is 71.4. The molecule has 83 heavy (non-hydrogen) atoms. The van der Waals surface area contributed by atoms with Crippen LogP contribution in [0.25, 0.3) is 0 Å². The summed E-state index contributed by atoms with van der Waals surface area (Å²) in [5.74, 6) is -0.0117. The highest BCUT2D eigenvalue weighted by molar-refractivity contribution is 5.76. The van der Waals surface area contributed by atoms with Gasteiger partial charge in [-0.05, 0) is 57.8 Å². The minimum atomic E-state index is -0.664. The van der Waals surface area contributed by atoms with Crippen LogP contribution in [-0.2, 0) is 14.3 Å². The number of allylic oxidation sites excluding steroid dienone is 4. The number of hydrogen-bond donors (Lipinski definition) is 3. The van der Waals surface area contributed by atoms with Crippen molar-refractivity contribution in [3.63, 3.8) is 0 Å². The van der Waals surface area contributed by atoms with Gasteiger partial charge in [0.05, 0.1) is 25.4 Å². The highest BCUT2D eigenvalue weighted by Crippen LogP contribution is 2.20. The number of rotatable bonds is 72. The summed E-state index contributed by atoms with van der Waals surface area (Å²) in [5, 5.41) is 23.4. The molecule has 2 atom stereocenters. The first-order valence-corrected chi connectivity index (χ1v) is 38.1. The molecule has 2 unspecified atom stereocenters. The summed E-state index contributed by atoms with van der Waals surface area (Å²) >= 11 is 0. The number of carbonyl (C=O) groups excluding carboxylic acids is 2. The van der Waals surface area contributed by atoms with Crippen molar-refractivity contribution in [3.05, 3.63) is 24.3 Å². The van der Waals surface area contributed by atoms with E-state index < -0.39 is 12.1 Å². The first-order chi connectivity index (χ1) is 41.0. The number of amides is 1. The molecule has 0 fully saturated rings. The van der Waals surface area contributed by atoms with E-state index in [-0.39, 0.29) is 18.5 Å². The van der Waals surface area contributed by atoms with Gasteiger partial charge in [-0.2, -0.15) is 0 Å². The van der Waals surface area contributed by atoms with Crippen LogP contribution >= 0.6 is 0 Å². The summed E-state index contributed by atoms with van der Waals surface area (Å²) in [6, 6.07) is -0.541. The highest BCUT2D eigenvalue weighted by atomic mass is 16.5. The number of unbranched alkanes of at least 4 members (excludes halogenated alkanes) is 57. The monoisotopic (exact) mass is 1170 g/mol. The van der Waals surface area contributed by atoms with Gasteiger partial charge < -0.3 is 20.3 Å². The fraction of sp³-hybridized carbons (Fsp3) is 0.922. The van der Waals surface area contributed by atoms with Crippen LogP contribution in [0.1, 0.15) is 431 Å². The molecule has 0 saturated heterocycles. The van der Waals surface area contributed by atoms with E-state index in [1.54, 1.807) is 0 Å². The first kappa shape index (κ1) is 81.3. The van der Waals surface area contributed by atoms with E-state index in [0.717, 1.165) is 44.9 Å². The average molecular weight is 1170 g/mol. The molecule has 6 heteroatoms. The molecular formula is C77H149NO5. The third-order valence-corrected chi connectivity index (χ3v) is 18.0. The van der Waals surface area contributed by atoms with Crippen molar-refractivity contribution in [2.45, 2.75) is 443 Å². The Morgan fingerprint density at radius 2 is 0.602 bits per heavy atom. The van der Waals surface area contributed by atoms with E-state index in [0.29, 0.717) is 25.9 Å². The molecule has 0 aromatic heterocycles. The maximum absolute atomic E-state index is 12.6. The van der Waals surface area contributed by atoms with Gasteiger partial charge in [-0.25, -0.2) is 0 Å². The second-order valence-electron chi connectivity index (χ2n) is 26.3. The number of esters is 1. The zero-order chi connectivity index (χ0) is 59.9. The lowest BCUT2D eigenvalue weighted by Gasteiger charge is -2.22. The molecule has 0 saturated carbocycles. The zero-order valence-corrected chi connectivity index (χ0v) is 56.5. The van der Waals surface area contributed by atoms with Gasteiger partial charge in [-0.15, -0.1) is 0 Å². The number of hydrogen-bond acceptors (Lipinski definition) is 5. The quantitative estimate of drug-likeness (QED) is 0.0320. The Morgan fingerprint density at radius 3 is 0.916 bits per heavy atom. The van der Waals surface area contributed by atoms with Gasteiger partial charge in [0.15, 0.2) is 0 Å². The van der Waals surface area contributed by atoms with Crippen LogP contribution in [0.2, 0.25) is 0 Å². The summed E-state index contributed by atoms with van der Waals surface area (Å²) < 4.78 is 5.49. The van der Waals surface area contributed by atoms with Gasteiger partial charge in [0.1, 0.15) is 0 Å². The lowest BCUT2D eigenvalue weighted by atomic mass is 10.0. The summed E-state index contributed by atoms with van der Waals surface area (Å²) in [6.07, 6.45) is 92.5. The van der Waals surface area contributed by atoms with E-state index in [9.17, 15) is 19.8 Å². The third-order valence-electron chi connectivity index (χ3n) is 18.0. The van der Waals surface area contributed by atoms with E-state index in [4.69, 9.17) is 4.74 Å². The van der Waals surface area contributed by atoms with Gasteiger partial charge in [-0.1, -0.05) is 385 Å². The molecule has 0 aromatic rings. The standard InChI is InChI=1S/C77H149NO5/c1-3-5-7-9-11-13-15-17-18-19-20-36-39-42-46-49-53-57-61-65-69-75(80)74(73-79)78-76(81)70-66-62-58-54-50-47-43-40-37-34-32-30-28-26-24-22-21-23-25-27-29-31-33-35-38-41-44-48-52-56-60-64-68-72-83-77(82)71-67-63-59-55-51-45-16-14-12-10-8-6-4-2/h25,27,31,33,74-75,79-80H,3-24,26,28-30,32,34-73H2,1-2H3,(H,78,81)/b27-25-,33-31-. The maximum atomic E-state index is 12.6. The Hall–Kier alpha value is -1.66. The number of carbonyl (C=O) groups is 2. The van der Waals surface area contributed by atoms with Crippen molar-refractivity contribution < 1.29 is 24.5 Å². The molecule has 0 aliphatic carbocycles. The molecule has 0 aliphatic heterocycles. The van der Waals surface area contributed by atoms with Gasteiger partial charge in [0.25, 0.3) is 0 Å². The second-order valence-corrected chi connectivity index (χ2v) is 26.3. The predicted octanol–water partition coefficient (Wildman–Crippen LogP) is 24.9. The minimum Gasteiger partial charge on any atom is -0.466 e. The molecule has 0 heterocycles. The van der Waals surface area contributed by atoms with Crippen LogP contribution in [0.3, 0.4) is 0 Å². The predicted molar refractivity (Wildman–Crippen MR) is 366 cm³/mol. The van der Waals surface area contributed by atoms with E-state index in [2.05, 4.69) is 43.5 Å². The van der Waals surface area contributed by atoms with Crippen molar-refractivity contribution in [1.29, 1.82) is 0 Å². The Bertz CT molecular complexity index is 1300. The van der Waals surface area contributed by atoms with Crippen molar-refractivity contribution in [3.8, 4) is 0 Å².